The lowest BCUT2D eigenvalue weighted by molar-refractivity contribution is 0.425. The Bertz CT molecular complexity index is 367. The fraction of sp³-hybridized carbons (Fsp3) is 0.545. The minimum absolute atomic E-state index is 0.108. The van der Waals surface area contributed by atoms with Crippen LogP contribution in [0.5, 0.6) is 0 Å². The van der Waals surface area contributed by atoms with Gasteiger partial charge in [-0.25, -0.2) is 0 Å². The highest BCUT2D eigenvalue weighted by molar-refractivity contribution is 6.59. The number of aryl methyl sites for hydroxylation is 1. The average Bonchev–Trinajstić information content (AvgIpc) is 2.20. The van der Waals surface area contributed by atoms with Crippen molar-refractivity contribution in [3.05, 3.63) is 17.8 Å². The quantitative estimate of drug-likeness (QED) is 0.699. The van der Waals surface area contributed by atoms with Crippen LogP contribution in [-0.4, -0.2) is 29.4 Å². The first-order chi connectivity index (χ1) is 7.35. The normalized spacial score (nSPS) is 11.4. The highest BCUT2D eigenvalue weighted by atomic mass is 16.4. The molecule has 0 aliphatic rings. The summed E-state index contributed by atoms with van der Waals surface area (Å²) in [5.41, 5.74) is 2.31. The zero-order valence-corrected chi connectivity index (χ0v) is 10.4. The smallest absolute Gasteiger partial charge is 0.423 e. The summed E-state index contributed by atoms with van der Waals surface area (Å²) in [4.78, 5) is 4.26. The molecule has 1 aromatic heterocycles. The summed E-state index contributed by atoms with van der Waals surface area (Å²) in [6.07, 6.45) is 2.55. The van der Waals surface area contributed by atoms with Gasteiger partial charge in [-0.1, -0.05) is 38.6 Å². The van der Waals surface area contributed by atoms with Gasteiger partial charge in [0.25, 0.3) is 0 Å². The minimum Gasteiger partial charge on any atom is -0.423 e. The van der Waals surface area contributed by atoms with E-state index < -0.39 is 7.12 Å². The zero-order chi connectivity index (χ0) is 12.3. The van der Waals surface area contributed by atoms with E-state index in [0.717, 1.165) is 17.6 Å². The van der Waals surface area contributed by atoms with Crippen LogP contribution in [0.1, 0.15) is 32.8 Å². The average molecular weight is 218 g/mol. The van der Waals surface area contributed by atoms with Crippen molar-refractivity contribution in [2.24, 2.45) is 0 Å². The molecule has 0 saturated heterocycles. The van der Waals surface area contributed by atoms with Crippen LogP contribution in [0.15, 0.2) is 12.3 Å². The van der Waals surface area contributed by atoms with E-state index in [0.29, 0.717) is 5.46 Å². The third-order valence-corrected chi connectivity index (χ3v) is 2.88. The predicted molar refractivity (Wildman–Crippen MR) is 68.5 cm³/mol. The third-order valence-electron chi connectivity index (χ3n) is 2.88. The molecule has 1 heterocycles. The largest absolute Gasteiger partial charge is 0.490 e. The summed E-state index contributed by atoms with van der Waals surface area (Å²) in [5.74, 6) is 0. The van der Waals surface area contributed by atoms with E-state index >= 15 is 0 Å². The first-order valence-electron chi connectivity index (χ1n) is 5.54. The first kappa shape index (κ1) is 13.3. The second-order valence-electron chi connectivity index (χ2n) is 4.83. The Hall–Kier alpha value is -0.800. The maximum Gasteiger partial charge on any atom is 0.490 e. The molecule has 0 fully saturated rings. The van der Waals surface area contributed by atoms with E-state index in [-0.39, 0.29) is 5.31 Å². The topological polar surface area (TPSA) is 53.4 Å². The van der Waals surface area contributed by atoms with Crippen molar-refractivity contribution < 1.29 is 10.0 Å². The molecule has 0 aliphatic carbocycles. The Morgan fingerprint density at radius 3 is 2.50 bits per heavy atom. The van der Waals surface area contributed by atoms with Crippen LogP contribution >= 0.6 is 0 Å². The molecule has 0 unspecified atom stereocenters. The first-order valence-corrected chi connectivity index (χ1v) is 5.54. The second-order valence-corrected chi connectivity index (χ2v) is 4.83. The highest BCUT2D eigenvalue weighted by Gasteiger charge is 2.21. The number of nitrogens with zero attached hydrogens (tertiary/aromatic N) is 1. The van der Waals surface area contributed by atoms with E-state index in [9.17, 15) is 0 Å². The maximum atomic E-state index is 9.02. The Labute approximate surface area is 98.3 Å². The molecular weight excluding hydrogens is 200 g/mol. The van der Waals surface area contributed by atoms with Crippen molar-refractivity contribution in [1.82, 2.24) is 4.98 Å². The fourth-order valence-electron chi connectivity index (χ4n) is 1.37. The Morgan fingerprint density at radius 2 is 2.06 bits per heavy atom. The lowest BCUT2D eigenvalue weighted by Gasteiger charge is -2.21. The number of rotatable bonds is 4. The van der Waals surface area contributed by atoms with Gasteiger partial charge in [0, 0.05) is 11.7 Å². The highest BCUT2D eigenvalue weighted by Crippen LogP contribution is 2.25. The van der Waals surface area contributed by atoms with Gasteiger partial charge in [0.1, 0.15) is 0 Å². The van der Waals surface area contributed by atoms with Gasteiger partial charge in [-0.3, -0.25) is 4.98 Å². The van der Waals surface area contributed by atoms with Gasteiger partial charge >= 0.3 is 7.12 Å². The molecule has 0 saturated carbocycles. The molecule has 0 bridgehead atoms. The molecule has 85 valence electrons. The standard InChI is InChI=1S/C11H18B2NO2/c1-5-11(3,4)12-10-8(2)6-9(7-14-10)13(15)16/h6-7,15-16H,5H2,1-4H3. The molecule has 1 aromatic rings. The molecule has 1 rings (SSSR count). The van der Waals surface area contributed by atoms with Gasteiger partial charge in [-0.2, -0.15) is 0 Å². The van der Waals surface area contributed by atoms with Crippen molar-refractivity contribution >= 4 is 25.5 Å². The number of aromatic nitrogens is 1. The minimum atomic E-state index is -1.44. The summed E-state index contributed by atoms with van der Waals surface area (Å²) in [7, 11) is 0.676. The van der Waals surface area contributed by atoms with Crippen molar-refractivity contribution in [2.75, 3.05) is 0 Å². The molecule has 2 N–H and O–H groups in total. The van der Waals surface area contributed by atoms with E-state index in [4.69, 9.17) is 10.0 Å². The molecule has 0 aromatic carbocycles. The SMILES string of the molecule is CCC(C)(C)[B]c1ncc(B(O)O)cc1C. The van der Waals surface area contributed by atoms with Gasteiger partial charge in [-0.05, 0) is 18.1 Å². The molecule has 3 nitrogen and oxygen atoms in total. The maximum absolute atomic E-state index is 9.02. The summed E-state index contributed by atoms with van der Waals surface area (Å²) in [6.45, 7) is 8.37. The van der Waals surface area contributed by atoms with Crippen LogP contribution in [0.4, 0.5) is 0 Å². The molecule has 5 heteroatoms. The monoisotopic (exact) mass is 218 g/mol. The van der Waals surface area contributed by atoms with Crippen LogP contribution in [0.25, 0.3) is 0 Å². The summed E-state index contributed by atoms with van der Waals surface area (Å²) < 4.78 is 0. The van der Waals surface area contributed by atoms with Gasteiger partial charge in [-0.15, -0.1) is 0 Å². The fourth-order valence-corrected chi connectivity index (χ4v) is 1.37. The van der Waals surface area contributed by atoms with Crippen LogP contribution in [-0.2, 0) is 0 Å². The van der Waals surface area contributed by atoms with Crippen LogP contribution < -0.4 is 11.1 Å². The molecular formula is C11H18B2NO2. The predicted octanol–water partition coefficient (Wildman–Crippen LogP) is 0.00782. The van der Waals surface area contributed by atoms with Gasteiger partial charge in [0.05, 0.1) is 0 Å². The number of hydrogen-bond donors (Lipinski definition) is 2. The van der Waals surface area contributed by atoms with Crippen LogP contribution in [0, 0.1) is 6.92 Å². The van der Waals surface area contributed by atoms with E-state index in [2.05, 4.69) is 33.0 Å². The molecule has 0 aliphatic heterocycles. The molecule has 1 radical (unpaired) electrons. The van der Waals surface area contributed by atoms with E-state index in [1.165, 1.54) is 6.20 Å². The summed E-state index contributed by atoms with van der Waals surface area (Å²) >= 11 is 0. The Morgan fingerprint density at radius 1 is 1.44 bits per heavy atom. The zero-order valence-electron chi connectivity index (χ0n) is 10.4. The van der Waals surface area contributed by atoms with Crippen molar-refractivity contribution in [2.45, 2.75) is 39.4 Å². The summed E-state index contributed by atoms with van der Waals surface area (Å²) in [6, 6.07) is 1.76. The lowest BCUT2D eigenvalue weighted by atomic mass is 9.50. The van der Waals surface area contributed by atoms with E-state index in [1.807, 2.05) is 6.92 Å². The van der Waals surface area contributed by atoms with Gasteiger partial charge < -0.3 is 10.0 Å². The van der Waals surface area contributed by atoms with Crippen molar-refractivity contribution in [3.8, 4) is 0 Å². The lowest BCUT2D eigenvalue weighted by Crippen LogP contribution is -2.36. The molecule has 0 atom stereocenters. The Balaban J connectivity index is 2.91. The van der Waals surface area contributed by atoms with Crippen molar-refractivity contribution in [3.63, 3.8) is 0 Å². The van der Waals surface area contributed by atoms with Gasteiger partial charge in [0.2, 0.25) is 0 Å². The molecule has 0 spiro atoms. The van der Waals surface area contributed by atoms with E-state index in [1.54, 1.807) is 6.07 Å². The molecule has 16 heavy (non-hydrogen) atoms. The van der Waals surface area contributed by atoms with Crippen LogP contribution in [0.2, 0.25) is 5.31 Å². The van der Waals surface area contributed by atoms with Crippen LogP contribution in [0.3, 0.4) is 0 Å². The summed E-state index contributed by atoms with van der Waals surface area (Å²) in [5, 5.41) is 18.2. The molecule has 0 amide bonds. The second kappa shape index (κ2) is 5.02. The van der Waals surface area contributed by atoms with Gasteiger partial charge in [0.15, 0.2) is 7.28 Å². The number of pyridine rings is 1. The van der Waals surface area contributed by atoms with Crippen molar-refractivity contribution in [1.29, 1.82) is 0 Å². The number of hydrogen-bond acceptors (Lipinski definition) is 3. The third kappa shape index (κ3) is 3.35. The Kier molecular flexibility index (Phi) is 4.16.